The third-order valence-corrected chi connectivity index (χ3v) is 5.11. The molecule has 0 aliphatic rings. The summed E-state index contributed by atoms with van der Waals surface area (Å²) >= 11 is 0. The maximum Gasteiger partial charge on any atom is 0.228 e. The lowest BCUT2D eigenvalue weighted by Crippen LogP contribution is -2.14. The Balaban J connectivity index is 1.40. The molecule has 7 heteroatoms. The molecular weight excluding hydrogens is 400 g/mol. The van der Waals surface area contributed by atoms with Gasteiger partial charge in [-0.2, -0.15) is 9.61 Å². The van der Waals surface area contributed by atoms with Gasteiger partial charge in [-0.25, -0.2) is 0 Å². The van der Waals surface area contributed by atoms with Crippen molar-refractivity contribution in [2.75, 3.05) is 5.32 Å². The van der Waals surface area contributed by atoms with Gasteiger partial charge in [0.15, 0.2) is 11.5 Å². The van der Waals surface area contributed by atoms with E-state index in [1.807, 2.05) is 79.7 Å². The Morgan fingerprint density at radius 3 is 2.59 bits per heavy atom. The lowest BCUT2D eigenvalue weighted by atomic mass is 10.1. The number of aromatic nitrogens is 5. The van der Waals surface area contributed by atoms with Gasteiger partial charge in [0.1, 0.15) is 0 Å². The smallest absolute Gasteiger partial charge is 0.228 e. The lowest BCUT2D eigenvalue weighted by molar-refractivity contribution is -0.115. The van der Waals surface area contributed by atoms with Crippen LogP contribution in [-0.4, -0.2) is 30.7 Å². The highest BCUT2D eigenvalue weighted by atomic mass is 16.1. The molecule has 0 unspecified atom stereocenters. The van der Waals surface area contributed by atoms with Crippen LogP contribution in [-0.2, 0) is 11.2 Å². The average Bonchev–Trinajstić information content (AvgIpc) is 3.25. The second-order valence-corrected chi connectivity index (χ2v) is 7.55. The van der Waals surface area contributed by atoms with Crippen molar-refractivity contribution in [3.63, 3.8) is 0 Å². The van der Waals surface area contributed by atoms with Gasteiger partial charge in [-0.15, -0.1) is 10.2 Å². The van der Waals surface area contributed by atoms with Crippen LogP contribution in [0.25, 0.3) is 28.3 Å². The van der Waals surface area contributed by atoms with Crippen molar-refractivity contribution >= 4 is 17.2 Å². The molecule has 3 heterocycles. The molecule has 0 saturated heterocycles. The van der Waals surface area contributed by atoms with Crippen LogP contribution in [0.4, 0.5) is 5.69 Å². The van der Waals surface area contributed by atoms with Gasteiger partial charge in [-0.3, -0.25) is 9.78 Å². The third kappa shape index (κ3) is 4.09. The van der Waals surface area contributed by atoms with Crippen molar-refractivity contribution in [1.82, 2.24) is 24.8 Å². The molecule has 2 aromatic carbocycles. The number of nitrogens with zero attached hydrogens (tertiary/aromatic N) is 5. The van der Waals surface area contributed by atoms with E-state index in [-0.39, 0.29) is 5.91 Å². The summed E-state index contributed by atoms with van der Waals surface area (Å²) in [6, 6.07) is 23.1. The molecule has 0 saturated carbocycles. The molecule has 156 valence electrons. The number of carbonyl (C=O) groups is 1. The number of benzene rings is 2. The summed E-state index contributed by atoms with van der Waals surface area (Å²) in [4.78, 5) is 16.7. The standard InChI is InChI=1S/C25H20N6O/c1-17-7-9-18(10-8-17)14-24(32)27-21-6-2-4-19(15-21)22-11-12-23-28-29-25(31(23)30-22)20-5-3-13-26-16-20/h2-13,15-16H,14H2,1H3,(H,27,32). The zero-order valence-electron chi connectivity index (χ0n) is 17.4. The Morgan fingerprint density at radius 2 is 1.78 bits per heavy atom. The molecule has 1 N–H and O–H groups in total. The number of anilines is 1. The van der Waals surface area contributed by atoms with Crippen molar-refractivity contribution in [3.8, 4) is 22.6 Å². The van der Waals surface area contributed by atoms with Crippen LogP contribution < -0.4 is 5.32 Å². The Labute approximate surface area is 184 Å². The molecule has 0 bridgehead atoms. The van der Waals surface area contributed by atoms with E-state index < -0.39 is 0 Å². The number of pyridine rings is 1. The monoisotopic (exact) mass is 420 g/mol. The van der Waals surface area contributed by atoms with E-state index in [4.69, 9.17) is 5.10 Å². The fraction of sp³-hybridized carbons (Fsp3) is 0.0800. The van der Waals surface area contributed by atoms with Gasteiger partial charge >= 0.3 is 0 Å². The van der Waals surface area contributed by atoms with Crippen LogP contribution in [0.5, 0.6) is 0 Å². The van der Waals surface area contributed by atoms with Crippen molar-refractivity contribution in [2.45, 2.75) is 13.3 Å². The van der Waals surface area contributed by atoms with E-state index in [2.05, 4.69) is 20.5 Å². The van der Waals surface area contributed by atoms with Crippen LogP contribution >= 0.6 is 0 Å². The highest BCUT2D eigenvalue weighted by Crippen LogP contribution is 2.23. The number of fused-ring (bicyclic) bond motifs is 1. The zero-order valence-corrected chi connectivity index (χ0v) is 17.4. The summed E-state index contributed by atoms with van der Waals surface area (Å²) in [5.41, 5.74) is 5.98. The van der Waals surface area contributed by atoms with Crippen molar-refractivity contribution < 1.29 is 4.79 Å². The third-order valence-electron chi connectivity index (χ3n) is 5.11. The van der Waals surface area contributed by atoms with Crippen LogP contribution in [0.2, 0.25) is 0 Å². The molecule has 32 heavy (non-hydrogen) atoms. The number of carbonyl (C=O) groups excluding carboxylic acids is 1. The fourth-order valence-electron chi connectivity index (χ4n) is 3.47. The minimum Gasteiger partial charge on any atom is -0.326 e. The molecule has 1 amide bonds. The minimum atomic E-state index is -0.0629. The van der Waals surface area contributed by atoms with E-state index in [1.54, 1.807) is 16.9 Å². The highest BCUT2D eigenvalue weighted by Gasteiger charge is 2.12. The molecule has 5 rings (SSSR count). The molecule has 5 aromatic rings. The van der Waals surface area contributed by atoms with Gasteiger partial charge in [-0.05, 0) is 48.9 Å². The summed E-state index contributed by atoms with van der Waals surface area (Å²) in [7, 11) is 0. The predicted octanol–water partition coefficient (Wildman–Crippen LogP) is 4.34. The predicted molar refractivity (Wildman–Crippen MR) is 123 cm³/mol. The van der Waals surface area contributed by atoms with Crippen molar-refractivity contribution in [1.29, 1.82) is 0 Å². The van der Waals surface area contributed by atoms with Gasteiger partial charge in [-0.1, -0.05) is 42.0 Å². The normalized spacial score (nSPS) is 10.9. The van der Waals surface area contributed by atoms with E-state index in [1.165, 1.54) is 5.56 Å². The molecule has 0 aliphatic carbocycles. The van der Waals surface area contributed by atoms with E-state index >= 15 is 0 Å². The van der Waals surface area contributed by atoms with Gasteiger partial charge < -0.3 is 5.32 Å². The zero-order chi connectivity index (χ0) is 21.9. The van der Waals surface area contributed by atoms with Gasteiger partial charge in [0, 0.05) is 29.2 Å². The van der Waals surface area contributed by atoms with Crippen LogP contribution in [0.1, 0.15) is 11.1 Å². The first-order valence-corrected chi connectivity index (χ1v) is 10.2. The van der Waals surface area contributed by atoms with Crippen LogP contribution in [0.3, 0.4) is 0 Å². The number of aryl methyl sites for hydroxylation is 1. The van der Waals surface area contributed by atoms with Crippen molar-refractivity contribution in [3.05, 3.63) is 96.3 Å². The van der Waals surface area contributed by atoms with E-state index in [0.29, 0.717) is 17.9 Å². The molecule has 0 fully saturated rings. The molecule has 0 spiro atoms. The van der Waals surface area contributed by atoms with Gasteiger partial charge in [0.25, 0.3) is 0 Å². The lowest BCUT2D eigenvalue weighted by Gasteiger charge is -2.08. The number of amides is 1. The van der Waals surface area contributed by atoms with E-state index in [0.717, 1.165) is 28.1 Å². The quantitative estimate of drug-likeness (QED) is 0.457. The first-order valence-electron chi connectivity index (χ1n) is 10.2. The summed E-state index contributed by atoms with van der Waals surface area (Å²) in [6.07, 6.45) is 3.77. The summed E-state index contributed by atoms with van der Waals surface area (Å²) in [5.74, 6) is 0.560. The number of hydrogen-bond donors (Lipinski definition) is 1. The SMILES string of the molecule is Cc1ccc(CC(=O)Nc2cccc(-c3ccc4nnc(-c5cccnc5)n4n3)c2)cc1. The number of hydrogen-bond acceptors (Lipinski definition) is 5. The molecule has 7 nitrogen and oxygen atoms in total. The fourth-order valence-corrected chi connectivity index (χ4v) is 3.47. The molecule has 0 atom stereocenters. The van der Waals surface area contributed by atoms with E-state index in [9.17, 15) is 4.79 Å². The summed E-state index contributed by atoms with van der Waals surface area (Å²) < 4.78 is 1.70. The van der Waals surface area contributed by atoms with Crippen LogP contribution in [0.15, 0.2) is 85.2 Å². The second kappa shape index (κ2) is 8.39. The first kappa shape index (κ1) is 19.6. The van der Waals surface area contributed by atoms with Gasteiger partial charge in [0.2, 0.25) is 5.91 Å². The highest BCUT2D eigenvalue weighted by molar-refractivity contribution is 5.92. The van der Waals surface area contributed by atoms with Crippen molar-refractivity contribution in [2.24, 2.45) is 0 Å². The minimum absolute atomic E-state index is 0.0629. The maximum atomic E-state index is 12.5. The summed E-state index contributed by atoms with van der Waals surface area (Å²) in [6.45, 7) is 2.03. The maximum absolute atomic E-state index is 12.5. The van der Waals surface area contributed by atoms with Crippen LogP contribution in [0, 0.1) is 6.92 Å². The topological polar surface area (TPSA) is 85.1 Å². The number of nitrogens with one attached hydrogen (secondary N) is 1. The average molecular weight is 420 g/mol. The summed E-state index contributed by atoms with van der Waals surface area (Å²) in [5, 5.41) is 16.2. The number of rotatable bonds is 5. The molecule has 0 aliphatic heterocycles. The molecular formula is C25H20N6O. The second-order valence-electron chi connectivity index (χ2n) is 7.55. The molecule has 0 radical (unpaired) electrons. The Bertz CT molecular complexity index is 1390. The Kier molecular flexibility index (Phi) is 5.13. The Morgan fingerprint density at radius 1 is 0.938 bits per heavy atom. The molecule has 3 aromatic heterocycles. The Hall–Kier alpha value is -4.39. The first-order chi connectivity index (χ1) is 15.7. The van der Waals surface area contributed by atoms with Gasteiger partial charge in [0.05, 0.1) is 12.1 Å². The largest absolute Gasteiger partial charge is 0.326 e.